The van der Waals surface area contributed by atoms with Gasteiger partial charge in [-0.1, -0.05) is 23.6 Å². The third-order valence-corrected chi connectivity index (χ3v) is 3.72. The molecule has 1 N–H and O–H groups in total. The van der Waals surface area contributed by atoms with Gasteiger partial charge in [-0.25, -0.2) is 0 Å². The molecule has 1 aromatic carbocycles. The first-order valence-corrected chi connectivity index (χ1v) is 6.96. The lowest BCUT2D eigenvalue weighted by Crippen LogP contribution is -1.94. The Kier molecular flexibility index (Phi) is 5.04. The molecule has 0 bridgehead atoms. The van der Waals surface area contributed by atoms with Gasteiger partial charge in [-0.15, -0.1) is 10.2 Å². The largest absolute Gasteiger partial charge is 0.497 e. The van der Waals surface area contributed by atoms with Gasteiger partial charge in [0.05, 0.1) is 7.11 Å². The highest BCUT2D eigenvalue weighted by Gasteiger charge is 2.07. The second-order valence-corrected chi connectivity index (χ2v) is 4.94. The Labute approximate surface area is 122 Å². The molecule has 2 rings (SSSR count). The van der Waals surface area contributed by atoms with Crippen LogP contribution in [0.3, 0.4) is 0 Å². The third-order valence-electron chi connectivity index (χ3n) is 2.64. The Balaban J connectivity index is 2.21. The third kappa shape index (κ3) is 3.53. The summed E-state index contributed by atoms with van der Waals surface area (Å²) in [5, 5.41) is 17.5. The van der Waals surface area contributed by atoms with Crippen LogP contribution in [0.4, 0.5) is 0 Å². The summed E-state index contributed by atoms with van der Waals surface area (Å²) in [5.74, 6) is 7.11. The molecule has 0 atom stereocenters. The molecule has 5 nitrogen and oxygen atoms in total. The van der Waals surface area contributed by atoms with Crippen LogP contribution in [0.25, 0.3) is 0 Å². The van der Waals surface area contributed by atoms with Crippen molar-refractivity contribution in [1.82, 2.24) is 14.8 Å². The van der Waals surface area contributed by atoms with Crippen LogP contribution in [0, 0.1) is 11.8 Å². The Morgan fingerprint density at radius 3 is 2.95 bits per heavy atom. The van der Waals surface area contributed by atoms with Crippen molar-refractivity contribution in [1.29, 1.82) is 0 Å². The van der Waals surface area contributed by atoms with E-state index >= 15 is 0 Å². The topological polar surface area (TPSA) is 60.2 Å². The molecule has 0 unspecified atom stereocenters. The van der Waals surface area contributed by atoms with Crippen molar-refractivity contribution >= 4 is 11.8 Å². The molecule has 6 heteroatoms. The van der Waals surface area contributed by atoms with Gasteiger partial charge < -0.3 is 14.4 Å². The van der Waals surface area contributed by atoms with Crippen molar-refractivity contribution in [2.75, 3.05) is 13.7 Å². The number of aryl methyl sites for hydroxylation is 1. The summed E-state index contributed by atoms with van der Waals surface area (Å²) in [6.07, 6.45) is 1.67. The number of hydrogen-bond donors (Lipinski definition) is 1. The Bertz CT molecular complexity index is 643. The summed E-state index contributed by atoms with van der Waals surface area (Å²) in [6.45, 7) is -0.151. The maximum Gasteiger partial charge on any atom is 0.191 e. The van der Waals surface area contributed by atoms with Gasteiger partial charge >= 0.3 is 0 Å². The van der Waals surface area contributed by atoms with E-state index in [-0.39, 0.29) is 6.61 Å². The zero-order valence-corrected chi connectivity index (χ0v) is 12.1. The van der Waals surface area contributed by atoms with Crippen LogP contribution in [0.2, 0.25) is 0 Å². The Morgan fingerprint density at radius 1 is 1.45 bits per heavy atom. The summed E-state index contributed by atoms with van der Waals surface area (Å²) >= 11 is 1.58. The minimum absolute atomic E-state index is 0.151. The monoisotopic (exact) mass is 289 g/mol. The lowest BCUT2D eigenvalue weighted by atomic mass is 10.1. The smallest absolute Gasteiger partial charge is 0.191 e. The van der Waals surface area contributed by atoms with Crippen molar-refractivity contribution in [3.63, 3.8) is 0 Å². The molecule has 0 aliphatic heterocycles. The average Bonchev–Trinajstić information content (AvgIpc) is 2.88. The summed E-state index contributed by atoms with van der Waals surface area (Å²) < 4.78 is 7.10. The number of rotatable bonds is 4. The van der Waals surface area contributed by atoms with E-state index in [9.17, 15) is 0 Å². The number of aromatic nitrogens is 3. The van der Waals surface area contributed by atoms with E-state index in [1.807, 2.05) is 29.8 Å². The van der Waals surface area contributed by atoms with Crippen LogP contribution in [-0.2, 0) is 12.8 Å². The number of aliphatic hydroxyl groups is 1. The molecule has 0 aliphatic rings. The summed E-state index contributed by atoms with van der Waals surface area (Å²) in [6, 6.07) is 5.71. The number of benzene rings is 1. The fourth-order valence-electron chi connectivity index (χ4n) is 1.62. The number of aliphatic hydroxyl groups excluding tert-OH is 1. The minimum Gasteiger partial charge on any atom is -0.497 e. The second kappa shape index (κ2) is 6.98. The van der Waals surface area contributed by atoms with Crippen LogP contribution in [-0.4, -0.2) is 33.6 Å². The van der Waals surface area contributed by atoms with Gasteiger partial charge in [0.15, 0.2) is 5.16 Å². The summed E-state index contributed by atoms with van der Waals surface area (Å²) in [4.78, 5) is 0. The zero-order valence-electron chi connectivity index (χ0n) is 11.3. The number of nitrogens with zero attached hydrogens (tertiary/aromatic N) is 3. The lowest BCUT2D eigenvalue weighted by molar-refractivity contribution is 0.350. The highest BCUT2D eigenvalue weighted by atomic mass is 32.2. The maximum absolute atomic E-state index is 8.81. The van der Waals surface area contributed by atoms with Crippen LogP contribution in [0.15, 0.2) is 29.7 Å². The van der Waals surface area contributed by atoms with E-state index in [1.54, 1.807) is 25.2 Å². The number of hydrogen-bond acceptors (Lipinski definition) is 5. The molecule has 1 heterocycles. The van der Waals surface area contributed by atoms with Crippen molar-refractivity contribution in [3.8, 4) is 17.6 Å². The second-order valence-electron chi connectivity index (χ2n) is 4.00. The lowest BCUT2D eigenvalue weighted by Gasteiger charge is -2.07. The highest BCUT2D eigenvalue weighted by Crippen LogP contribution is 2.25. The van der Waals surface area contributed by atoms with Crippen molar-refractivity contribution in [2.24, 2.45) is 7.05 Å². The van der Waals surface area contributed by atoms with Crippen molar-refractivity contribution in [2.45, 2.75) is 10.9 Å². The first-order chi connectivity index (χ1) is 9.74. The Hall–Kier alpha value is -1.97. The summed E-state index contributed by atoms with van der Waals surface area (Å²) in [7, 11) is 3.54. The summed E-state index contributed by atoms with van der Waals surface area (Å²) in [5.41, 5.74) is 1.92. The standard InChI is InChI=1S/C14H15N3O2S/c1-17-10-15-16-14(17)20-9-12-8-13(19-2)6-5-11(12)4-3-7-18/h5-6,8,10,18H,7,9H2,1-2H3. The van der Waals surface area contributed by atoms with E-state index in [0.29, 0.717) is 5.75 Å². The molecule has 0 saturated carbocycles. The predicted molar refractivity (Wildman–Crippen MR) is 77.5 cm³/mol. The average molecular weight is 289 g/mol. The fraction of sp³-hybridized carbons (Fsp3) is 0.286. The molecule has 0 radical (unpaired) electrons. The van der Waals surface area contributed by atoms with E-state index in [2.05, 4.69) is 22.0 Å². The van der Waals surface area contributed by atoms with E-state index in [1.165, 1.54) is 0 Å². The molecular weight excluding hydrogens is 274 g/mol. The minimum atomic E-state index is -0.151. The van der Waals surface area contributed by atoms with Gasteiger partial charge in [0.2, 0.25) is 0 Å². The quantitative estimate of drug-likeness (QED) is 0.682. The molecular formula is C14H15N3O2S. The van der Waals surface area contributed by atoms with Gasteiger partial charge in [0.25, 0.3) is 0 Å². The SMILES string of the molecule is COc1ccc(C#CCO)c(CSc2nncn2C)c1. The van der Waals surface area contributed by atoms with Gasteiger partial charge in [-0.3, -0.25) is 0 Å². The van der Waals surface area contributed by atoms with E-state index in [0.717, 1.165) is 22.0 Å². The highest BCUT2D eigenvalue weighted by molar-refractivity contribution is 7.98. The molecule has 0 saturated heterocycles. The van der Waals surface area contributed by atoms with Crippen LogP contribution >= 0.6 is 11.8 Å². The molecule has 0 spiro atoms. The molecule has 0 aliphatic carbocycles. The van der Waals surface area contributed by atoms with Crippen LogP contribution < -0.4 is 4.74 Å². The first-order valence-electron chi connectivity index (χ1n) is 5.98. The molecule has 2 aromatic rings. The van der Waals surface area contributed by atoms with Crippen LogP contribution in [0.1, 0.15) is 11.1 Å². The Morgan fingerprint density at radius 2 is 2.30 bits per heavy atom. The van der Waals surface area contributed by atoms with Gasteiger partial charge in [0, 0.05) is 18.4 Å². The molecule has 104 valence electrons. The number of methoxy groups -OCH3 is 1. The first kappa shape index (κ1) is 14.4. The van der Waals surface area contributed by atoms with Gasteiger partial charge in [-0.2, -0.15) is 0 Å². The predicted octanol–water partition coefficient (Wildman–Crippen LogP) is 1.46. The van der Waals surface area contributed by atoms with Gasteiger partial charge in [-0.05, 0) is 23.8 Å². The van der Waals surface area contributed by atoms with Crippen molar-refractivity contribution < 1.29 is 9.84 Å². The number of ether oxygens (including phenoxy) is 1. The van der Waals surface area contributed by atoms with E-state index in [4.69, 9.17) is 9.84 Å². The van der Waals surface area contributed by atoms with Crippen LogP contribution in [0.5, 0.6) is 5.75 Å². The molecule has 0 amide bonds. The normalized spacial score (nSPS) is 9.95. The zero-order chi connectivity index (χ0) is 14.4. The van der Waals surface area contributed by atoms with Crippen molar-refractivity contribution in [3.05, 3.63) is 35.7 Å². The fourth-order valence-corrected chi connectivity index (χ4v) is 2.50. The molecule has 0 fully saturated rings. The van der Waals surface area contributed by atoms with E-state index < -0.39 is 0 Å². The molecule has 20 heavy (non-hydrogen) atoms. The molecule has 1 aromatic heterocycles. The van der Waals surface area contributed by atoms with Gasteiger partial charge in [0.1, 0.15) is 18.7 Å². The number of thioether (sulfide) groups is 1. The maximum atomic E-state index is 8.81.